The van der Waals surface area contributed by atoms with E-state index in [2.05, 4.69) is 38.1 Å². The number of nitrogens with zero attached hydrogens (tertiary/aromatic N) is 2. The van der Waals surface area contributed by atoms with E-state index in [0.717, 1.165) is 36.2 Å². The van der Waals surface area contributed by atoms with E-state index in [1.807, 2.05) is 18.2 Å². The number of nitrogens with one attached hydrogen (secondary N) is 1. The second-order valence-corrected chi connectivity index (χ2v) is 6.88. The van der Waals surface area contributed by atoms with E-state index >= 15 is 0 Å². The van der Waals surface area contributed by atoms with Crippen LogP contribution >= 0.6 is 27.3 Å². The van der Waals surface area contributed by atoms with Crippen LogP contribution in [0.1, 0.15) is 27.9 Å². The minimum Gasteiger partial charge on any atom is -0.298 e. The highest BCUT2D eigenvalue weighted by molar-refractivity contribution is 9.10. The summed E-state index contributed by atoms with van der Waals surface area (Å²) < 4.78 is 0.793. The third-order valence-electron chi connectivity index (χ3n) is 3.60. The summed E-state index contributed by atoms with van der Waals surface area (Å²) in [5, 5.41) is 3.60. The molecule has 0 aliphatic carbocycles. The summed E-state index contributed by atoms with van der Waals surface area (Å²) in [5.41, 5.74) is 1.76. The number of halogens is 1. The quantitative estimate of drug-likeness (QED) is 0.904. The van der Waals surface area contributed by atoms with Gasteiger partial charge in [0.15, 0.2) is 5.13 Å². The molecule has 2 heterocycles. The lowest BCUT2D eigenvalue weighted by Gasteiger charge is -2.23. The Morgan fingerprint density at radius 1 is 1.48 bits per heavy atom. The summed E-state index contributed by atoms with van der Waals surface area (Å²) >= 11 is 4.98. The summed E-state index contributed by atoms with van der Waals surface area (Å²) in [6.45, 7) is 5.21. The average molecular weight is 366 g/mol. The molecule has 6 heteroatoms. The fourth-order valence-corrected chi connectivity index (χ4v) is 3.89. The number of anilines is 1. The monoisotopic (exact) mass is 365 g/mol. The van der Waals surface area contributed by atoms with E-state index in [9.17, 15) is 4.79 Å². The van der Waals surface area contributed by atoms with Crippen molar-refractivity contribution in [3.63, 3.8) is 0 Å². The lowest BCUT2D eigenvalue weighted by Crippen LogP contribution is -2.29. The van der Waals surface area contributed by atoms with Crippen LogP contribution < -0.4 is 5.32 Å². The molecule has 1 aromatic carbocycles. The highest BCUT2D eigenvalue weighted by Crippen LogP contribution is 2.29. The van der Waals surface area contributed by atoms with Crippen molar-refractivity contribution < 1.29 is 4.79 Å². The van der Waals surface area contributed by atoms with Crippen molar-refractivity contribution in [1.29, 1.82) is 0 Å². The zero-order chi connectivity index (χ0) is 14.8. The lowest BCUT2D eigenvalue weighted by molar-refractivity contribution is 0.102. The van der Waals surface area contributed by atoms with Gasteiger partial charge in [-0.1, -0.05) is 19.1 Å². The zero-order valence-electron chi connectivity index (χ0n) is 11.7. The molecule has 0 radical (unpaired) electrons. The van der Waals surface area contributed by atoms with Crippen molar-refractivity contribution in [3.8, 4) is 0 Å². The van der Waals surface area contributed by atoms with Gasteiger partial charge in [-0.3, -0.25) is 15.0 Å². The maximum absolute atomic E-state index is 12.3. The molecule has 4 nitrogen and oxygen atoms in total. The van der Waals surface area contributed by atoms with Crippen LogP contribution in [-0.2, 0) is 13.0 Å². The Labute approximate surface area is 136 Å². The van der Waals surface area contributed by atoms with Crippen molar-refractivity contribution in [2.24, 2.45) is 0 Å². The molecule has 0 saturated carbocycles. The molecular formula is C15H16BrN3OS. The molecule has 3 rings (SSSR count). The Balaban J connectivity index is 1.76. The highest BCUT2D eigenvalue weighted by atomic mass is 79.9. The maximum atomic E-state index is 12.3. The lowest BCUT2D eigenvalue weighted by atomic mass is 10.2. The van der Waals surface area contributed by atoms with Gasteiger partial charge in [-0.05, 0) is 34.6 Å². The fraction of sp³-hybridized carbons (Fsp3) is 0.333. The topological polar surface area (TPSA) is 45.2 Å². The van der Waals surface area contributed by atoms with Crippen molar-refractivity contribution in [1.82, 2.24) is 9.88 Å². The Bertz CT molecular complexity index is 671. The molecule has 1 aromatic heterocycles. The first-order valence-electron chi connectivity index (χ1n) is 6.94. The molecule has 0 atom stereocenters. The second kappa shape index (κ2) is 6.25. The number of thiazole rings is 1. The van der Waals surface area contributed by atoms with Gasteiger partial charge in [-0.25, -0.2) is 4.98 Å². The van der Waals surface area contributed by atoms with Crippen molar-refractivity contribution >= 4 is 38.3 Å². The zero-order valence-corrected chi connectivity index (χ0v) is 14.1. The van der Waals surface area contributed by atoms with E-state index in [-0.39, 0.29) is 5.91 Å². The molecule has 1 aliphatic rings. The number of likely N-dealkylation sites (N-methyl/N-ethyl adjacent to an activating group) is 1. The van der Waals surface area contributed by atoms with E-state index in [4.69, 9.17) is 0 Å². The molecule has 1 aliphatic heterocycles. The third-order valence-corrected chi connectivity index (χ3v) is 5.29. The number of hydrogen-bond acceptors (Lipinski definition) is 4. The molecule has 1 N–H and O–H groups in total. The molecule has 1 amide bonds. The van der Waals surface area contributed by atoms with E-state index in [1.54, 1.807) is 17.4 Å². The van der Waals surface area contributed by atoms with Gasteiger partial charge in [-0.2, -0.15) is 0 Å². The Hall–Kier alpha value is -1.24. The van der Waals surface area contributed by atoms with Gasteiger partial charge >= 0.3 is 0 Å². The standard InChI is InChI=1S/C15H16BrN3OS/c1-2-19-8-7-12-13(9-19)21-15(17-12)18-14(20)10-5-3-4-6-11(10)16/h3-6H,2,7-9H2,1H3,(H,17,18,20). The van der Waals surface area contributed by atoms with E-state index < -0.39 is 0 Å². The van der Waals surface area contributed by atoms with Crippen LogP contribution in [0.2, 0.25) is 0 Å². The first kappa shape index (κ1) is 14.7. The van der Waals surface area contributed by atoms with Gasteiger partial charge < -0.3 is 0 Å². The molecule has 0 spiro atoms. The Morgan fingerprint density at radius 2 is 2.29 bits per heavy atom. The number of carbonyl (C=O) groups is 1. The van der Waals surface area contributed by atoms with Crippen LogP contribution in [0, 0.1) is 0 Å². The summed E-state index contributed by atoms with van der Waals surface area (Å²) in [7, 11) is 0. The van der Waals surface area contributed by atoms with E-state index in [0.29, 0.717) is 10.7 Å². The number of benzene rings is 1. The van der Waals surface area contributed by atoms with Crippen LogP contribution in [-0.4, -0.2) is 28.9 Å². The maximum Gasteiger partial charge on any atom is 0.258 e. The van der Waals surface area contributed by atoms with Gasteiger partial charge in [0.2, 0.25) is 0 Å². The number of carbonyl (C=O) groups excluding carboxylic acids is 1. The minimum absolute atomic E-state index is 0.124. The molecule has 0 unspecified atom stereocenters. The van der Waals surface area contributed by atoms with Crippen molar-refractivity contribution in [2.75, 3.05) is 18.4 Å². The molecule has 0 fully saturated rings. The summed E-state index contributed by atoms with van der Waals surface area (Å²) in [5.74, 6) is -0.124. The van der Waals surface area contributed by atoms with Crippen LogP contribution in [0.25, 0.3) is 0 Å². The number of hydrogen-bond donors (Lipinski definition) is 1. The Morgan fingerprint density at radius 3 is 3.05 bits per heavy atom. The summed E-state index contributed by atoms with van der Waals surface area (Å²) in [6.07, 6.45) is 0.963. The van der Waals surface area contributed by atoms with Crippen LogP contribution in [0.4, 0.5) is 5.13 Å². The van der Waals surface area contributed by atoms with Gasteiger partial charge in [0.1, 0.15) is 0 Å². The second-order valence-electron chi connectivity index (χ2n) is 4.94. The predicted octanol–water partition coefficient (Wildman–Crippen LogP) is 3.54. The molecule has 110 valence electrons. The van der Waals surface area contributed by atoms with Gasteiger partial charge in [0.05, 0.1) is 11.3 Å². The van der Waals surface area contributed by atoms with Crippen molar-refractivity contribution in [2.45, 2.75) is 19.9 Å². The van der Waals surface area contributed by atoms with Crippen LogP contribution in [0.3, 0.4) is 0 Å². The predicted molar refractivity (Wildman–Crippen MR) is 88.9 cm³/mol. The molecule has 2 aromatic rings. The van der Waals surface area contributed by atoms with Crippen molar-refractivity contribution in [3.05, 3.63) is 44.9 Å². The first-order valence-corrected chi connectivity index (χ1v) is 8.55. The van der Waals surface area contributed by atoms with Gasteiger partial charge in [0.25, 0.3) is 5.91 Å². The Kier molecular flexibility index (Phi) is 4.37. The first-order chi connectivity index (χ1) is 10.2. The van der Waals surface area contributed by atoms with E-state index in [1.165, 1.54) is 4.88 Å². The smallest absolute Gasteiger partial charge is 0.258 e. The highest BCUT2D eigenvalue weighted by Gasteiger charge is 2.20. The molecule has 0 bridgehead atoms. The number of aromatic nitrogens is 1. The average Bonchev–Trinajstić information content (AvgIpc) is 2.88. The number of amides is 1. The SMILES string of the molecule is CCN1CCc2nc(NC(=O)c3ccccc3Br)sc2C1. The fourth-order valence-electron chi connectivity index (χ4n) is 2.38. The normalized spacial score (nSPS) is 14.8. The van der Waals surface area contributed by atoms with Crippen LogP contribution in [0.5, 0.6) is 0 Å². The molecule has 0 saturated heterocycles. The largest absolute Gasteiger partial charge is 0.298 e. The molecule has 21 heavy (non-hydrogen) atoms. The van der Waals surface area contributed by atoms with Crippen LogP contribution in [0.15, 0.2) is 28.7 Å². The van der Waals surface area contributed by atoms with Gasteiger partial charge in [0, 0.05) is 28.9 Å². The molecular weight excluding hydrogens is 350 g/mol. The summed E-state index contributed by atoms with van der Waals surface area (Å²) in [4.78, 5) is 20.5. The minimum atomic E-state index is -0.124. The third kappa shape index (κ3) is 3.17. The number of fused-ring (bicyclic) bond motifs is 1. The van der Waals surface area contributed by atoms with Gasteiger partial charge in [-0.15, -0.1) is 11.3 Å². The number of rotatable bonds is 3. The summed E-state index contributed by atoms with van der Waals surface area (Å²) in [6, 6.07) is 7.40.